The van der Waals surface area contributed by atoms with E-state index in [0.717, 1.165) is 23.3 Å². The summed E-state index contributed by atoms with van der Waals surface area (Å²) in [5, 5.41) is 15.9. The Balaban J connectivity index is 1.34. The molecule has 5 rings (SSSR count). The van der Waals surface area contributed by atoms with Crippen LogP contribution in [-0.4, -0.2) is 39.8 Å². The SMILES string of the molecule is CCC1CC(=O)NC(n2nc(-c3cccs3)cc2NC(=O)COc2cccc3c2OC(C)(C)C3)N1. The van der Waals surface area contributed by atoms with Gasteiger partial charge in [0.05, 0.1) is 4.88 Å². The van der Waals surface area contributed by atoms with Crippen molar-refractivity contribution in [2.45, 2.75) is 58.0 Å². The molecule has 1 saturated heterocycles. The van der Waals surface area contributed by atoms with Gasteiger partial charge in [0.2, 0.25) is 5.91 Å². The Hall–Kier alpha value is -3.37. The minimum absolute atomic E-state index is 0.0273. The number of nitrogens with zero attached hydrogens (tertiary/aromatic N) is 2. The third kappa shape index (κ3) is 5.03. The van der Waals surface area contributed by atoms with E-state index in [1.807, 2.05) is 50.4 Å². The molecule has 0 bridgehead atoms. The molecule has 1 fully saturated rings. The fraction of sp³-hybridized carbons (Fsp3) is 0.400. The number of amides is 2. The Morgan fingerprint density at radius 1 is 1.34 bits per heavy atom. The molecule has 0 saturated carbocycles. The average Bonchev–Trinajstić information content (AvgIpc) is 3.54. The van der Waals surface area contributed by atoms with Gasteiger partial charge in [0.1, 0.15) is 17.1 Å². The van der Waals surface area contributed by atoms with Crippen molar-refractivity contribution in [2.24, 2.45) is 0 Å². The van der Waals surface area contributed by atoms with Crippen molar-refractivity contribution in [1.29, 1.82) is 0 Å². The first-order valence-electron chi connectivity index (χ1n) is 11.7. The summed E-state index contributed by atoms with van der Waals surface area (Å²) in [4.78, 5) is 26.1. The van der Waals surface area contributed by atoms with Gasteiger partial charge in [-0.25, -0.2) is 4.68 Å². The largest absolute Gasteiger partial charge is 0.483 e. The molecule has 4 heterocycles. The second-order valence-corrected chi connectivity index (χ2v) is 10.4. The van der Waals surface area contributed by atoms with Crippen LogP contribution in [0.5, 0.6) is 11.5 Å². The fourth-order valence-corrected chi connectivity index (χ4v) is 5.09. The van der Waals surface area contributed by atoms with E-state index in [-0.39, 0.29) is 30.1 Å². The van der Waals surface area contributed by atoms with E-state index in [9.17, 15) is 9.59 Å². The summed E-state index contributed by atoms with van der Waals surface area (Å²) in [5.41, 5.74) is 1.47. The number of carbonyl (C=O) groups is 2. The fourth-order valence-electron chi connectivity index (χ4n) is 4.41. The van der Waals surface area contributed by atoms with E-state index < -0.39 is 6.29 Å². The number of aromatic nitrogens is 2. The number of para-hydroxylation sites is 1. The number of rotatable bonds is 7. The molecule has 2 aliphatic heterocycles. The van der Waals surface area contributed by atoms with Crippen molar-refractivity contribution in [3.05, 3.63) is 47.3 Å². The van der Waals surface area contributed by atoms with Gasteiger partial charge in [-0.15, -0.1) is 11.3 Å². The van der Waals surface area contributed by atoms with Crippen LogP contribution in [0, 0.1) is 0 Å². The summed E-state index contributed by atoms with van der Waals surface area (Å²) in [7, 11) is 0. The Kier molecular flexibility index (Phi) is 6.24. The van der Waals surface area contributed by atoms with E-state index in [2.05, 4.69) is 21.0 Å². The van der Waals surface area contributed by atoms with Gasteiger partial charge in [0, 0.05) is 30.5 Å². The zero-order chi connectivity index (χ0) is 24.6. The summed E-state index contributed by atoms with van der Waals surface area (Å²) >= 11 is 1.55. The van der Waals surface area contributed by atoms with Crippen LogP contribution in [0.2, 0.25) is 0 Å². The lowest BCUT2D eigenvalue weighted by Gasteiger charge is -2.31. The number of carbonyl (C=O) groups excluding carboxylic acids is 2. The number of anilines is 1. The van der Waals surface area contributed by atoms with E-state index >= 15 is 0 Å². The highest BCUT2D eigenvalue weighted by molar-refractivity contribution is 7.13. The number of nitrogens with one attached hydrogen (secondary N) is 3. The maximum absolute atomic E-state index is 12.9. The molecule has 9 nitrogen and oxygen atoms in total. The Morgan fingerprint density at radius 3 is 2.97 bits per heavy atom. The van der Waals surface area contributed by atoms with Crippen LogP contribution in [0.15, 0.2) is 41.8 Å². The zero-order valence-electron chi connectivity index (χ0n) is 20.0. The van der Waals surface area contributed by atoms with Crippen molar-refractivity contribution in [3.8, 4) is 22.1 Å². The Morgan fingerprint density at radius 2 is 2.20 bits per heavy atom. The van der Waals surface area contributed by atoms with Gasteiger partial charge < -0.3 is 20.1 Å². The lowest BCUT2D eigenvalue weighted by atomic mass is 10.0. The molecule has 2 amide bonds. The first-order valence-corrected chi connectivity index (χ1v) is 12.6. The third-order valence-corrected chi connectivity index (χ3v) is 6.94. The summed E-state index contributed by atoms with van der Waals surface area (Å²) in [6, 6.07) is 11.5. The molecule has 2 atom stereocenters. The second-order valence-electron chi connectivity index (χ2n) is 9.40. The van der Waals surface area contributed by atoms with E-state index in [0.29, 0.717) is 29.4 Å². The van der Waals surface area contributed by atoms with Crippen LogP contribution in [0.3, 0.4) is 0 Å². The van der Waals surface area contributed by atoms with Gasteiger partial charge in [-0.2, -0.15) is 5.10 Å². The minimum Gasteiger partial charge on any atom is -0.483 e. The molecule has 0 spiro atoms. The predicted molar refractivity (Wildman–Crippen MR) is 134 cm³/mol. The molecular formula is C25H29N5O4S. The van der Waals surface area contributed by atoms with Crippen molar-refractivity contribution < 1.29 is 19.1 Å². The summed E-state index contributed by atoms with van der Waals surface area (Å²) in [6.45, 7) is 5.88. The van der Waals surface area contributed by atoms with Crippen LogP contribution < -0.4 is 25.4 Å². The number of hydrogen-bond acceptors (Lipinski definition) is 7. The molecule has 10 heteroatoms. The smallest absolute Gasteiger partial charge is 0.263 e. The summed E-state index contributed by atoms with van der Waals surface area (Å²) in [6.07, 6.45) is 1.43. The lowest BCUT2D eigenvalue weighted by molar-refractivity contribution is -0.125. The van der Waals surface area contributed by atoms with Gasteiger partial charge in [0.25, 0.3) is 5.91 Å². The maximum Gasteiger partial charge on any atom is 0.263 e. The molecule has 3 N–H and O–H groups in total. The molecule has 184 valence electrons. The van der Waals surface area contributed by atoms with Crippen LogP contribution >= 0.6 is 11.3 Å². The third-order valence-electron chi connectivity index (χ3n) is 6.05. The normalized spacial score (nSPS) is 20.6. The standard InChI is InChI=1S/C25H29N5O4S/c1-4-16-11-21(31)28-24(26-16)30-20(12-17(29-30)19-9-6-10-35-19)27-22(32)14-33-18-8-5-7-15-13-25(2,3)34-23(15)18/h5-10,12,16,24,26H,4,11,13-14H2,1-3H3,(H,27,32)(H,28,31). The van der Waals surface area contributed by atoms with Gasteiger partial charge in [-0.1, -0.05) is 25.1 Å². The van der Waals surface area contributed by atoms with Gasteiger partial charge >= 0.3 is 0 Å². The van der Waals surface area contributed by atoms with Gasteiger partial charge in [0.15, 0.2) is 24.4 Å². The topological polar surface area (TPSA) is 107 Å². The first-order chi connectivity index (χ1) is 16.8. The van der Waals surface area contributed by atoms with Gasteiger partial charge in [-0.3, -0.25) is 14.9 Å². The van der Waals surface area contributed by atoms with Crippen molar-refractivity contribution in [3.63, 3.8) is 0 Å². The zero-order valence-corrected chi connectivity index (χ0v) is 20.8. The molecular weight excluding hydrogens is 466 g/mol. The van der Waals surface area contributed by atoms with E-state index in [4.69, 9.17) is 9.47 Å². The minimum atomic E-state index is -0.570. The number of thiophene rings is 1. The molecule has 35 heavy (non-hydrogen) atoms. The molecule has 0 aliphatic carbocycles. The van der Waals surface area contributed by atoms with Gasteiger partial charge in [-0.05, 0) is 37.8 Å². The quantitative estimate of drug-likeness (QED) is 0.462. The number of fused-ring (bicyclic) bond motifs is 1. The number of ether oxygens (including phenoxy) is 2. The Bertz CT molecular complexity index is 1240. The summed E-state index contributed by atoms with van der Waals surface area (Å²) in [5.74, 6) is 1.30. The average molecular weight is 496 g/mol. The monoisotopic (exact) mass is 495 g/mol. The predicted octanol–water partition coefficient (Wildman–Crippen LogP) is 3.69. The Labute approximate surface area is 207 Å². The summed E-state index contributed by atoms with van der Waals surface area (Å²) < 4.78 is 13.5. The van der Waals surface area contributed by atoms with Crippen molar-refractivity contribution in [1.82, 2.24) is 20.4 Å². The van der Waals surface area contributed by atoms with Crippen LogP contribution in [0.1, 0.15) is 45.5 Å². The van der Waals surface area contributed by atoms with Crippen LogP contribution in [-0.2, 0) is 16.0 Å². The number of benzene rings is 1. The van der Waals surface area contributed by atoms with E-state index in [1.54, 1.807) is 28.2 Å². The molecule has 2 aliphatic rings. The molecule has 2 aromatic heterocycles. The lowest BCUT2D eigenvalue weighted by Crippen LogP contribution is -2.53. The highest BCUT2D eigenvalue weighted by Gasteiger charge is 2.33. The second kappa shape index (κ2) is 9.35. The van der Waals surface area contributed by atoms with Crippen molar-refractivity contribution >= 4 is 29.0 Å². The first kappa shape index (κ1) is 23.4. The maximum atomic E-state index is 12.9. The molecule has 1 aromatic carbocycles. The molecule has 3 aromatic rings. The highest BCUT2D eigenvalue weighted by Crippen LogP contribution is 2.41. The van der Waals surface area contributed by atoms with Crippen LogP contribution in [0.4, 0.5) is 5.82 Å². The van der Waals surface area contributed by atoms with Crippen LogP contribution in [0.25, 0.3) is 10.6 Å². The molecule has 2 unspecified atom stereocenters. The van der Waals surface area contributed by atoms with E-state index in [1.165, 1.54) is 0 Å². The number of hydrogen-bond donors (Lipinski definition) is 3. The highest BCUT2D eigenvalue weighted by atomic mass is 32.1. The molecule has 0 radical (unpaired) electrons. The van der Waals surface area contributed by atoms with Crippen molar-refractivity contribution in [2.75, 3.05) is 11.9 Å².